The Labute approximate surface area is 114 Å². The molecule has 0 aromatic heterocycles. The van der Waals surface area contributed by atoms with Gasteiger partial charge in [-0.15, -0.1) is 11.8 Å². The van der Waals surface area contributed by atoms with Crippen LogP contribution in [0.3, 0.4) is 0 Å². The number of amides is 1. The van der Waals surface area contributed by atoms with E-state index in [9.17, 15) is 18.0 Å². The van der Waals surface area contributed by atoms with Gasteiger partial charge >= 0.3 is 24.1 Å². The summed E-state index contributed by atoms with van der Waals surface area (Å²) in [5.41, 5.74) is 5.26. The summed E-state index contributed by atoms with van der Waals surface area (Å²) in [5, 5.41) is -0.450. The van der Waals surface area contributed by atoms with Crippen LogP contribution < -0.4 is 5.73 Å². The lowest BCUT2D eigenvalue weighted by molar-refractivity contribution is -0.147. The molecule has 11 heteroatoms. The second-order valence-electron chi connectivity index (χ2n) is 3.90. The second kappa shape index (κ2) is 4.73. The number of nitrogens with zero attached hydrogens (tertiary/aromatic N) is 1. The number of hydrogen-bond donors (Lipinski definition) is 1. The lowest BCUT2D eigenvalue weighted by atomic mass is 10.1. The van der Waals surface area contributed by atoms with Gasteiger partial charge in [-0.3, -0.25) is 9.69 Å². The summed E-state index contributed by atoms with van der Waals surface area (Å²) in [4.78, 5) is 24.3. The number of hydrogen-bond acceptors (Lipinski definition) is 8. The van der Waals surface area contributed by atoms with E-state index in [4.69, 9.17) is 18.0 Å². The SMILES string of the molecule is [B]OC(=O)C1=C(OS(C)(=O)=O)CS[C@@H]2[C@H](N)C(=O)N12. The first-order valence-electron chi connectivity index (χ1n) is 5.00. The summed E-state index contributed by atoms with van der Waals surface area (Å²) in [6.45, 7) is 0. The van der Waals surface area contributed by atoms with E-state index < -0.39 is 33.4 Å². The maximum absolute atomic E-state index is 11.6. The van der Waals surface area contributed by atoms with Crippen molar-refractivity contribution in [1.29, 1.82) is 0 Å². The molecule has 19 heavy (non-hydrogen) atoms. The second-order valence-corrected chi connectivity index (χ2v) is 6.58. The van der Waals surface area contributed by atoms with Gasteiger partial charge in [-0.1, -0.05) is 0 Å². The number of fused-ring (bicyclic) bond motifs is 1. The number of nitrogens with two attached hydrogens (primary N) is 1. The Bertz CT molecular complexity index is 574. The smallest absolute Gasteiger partial charge is 0.378 e. The van der Waals surface area contributed by atoms with Crippen LogP contribution >= 0.6 is 11.8 Å². The summed E-state index contributed by atoms with van der Waals surface area (Å²) < 4.78 is 31.0. The molecule has 0 unspecified atom stereocenters. The fourth-order valence-corrected chi connectivity index (χ4v) is 3.56. The van der Waals surface area contributed by atoms with E-state index in [1.165, 1.54) is 11.8 Å². The van der Waals surface area contributed by atoms with Crippen molar-refractivity contribution in [3.8, 4) is 0 Å². The molecule has 0 aromatic carbocycles. The van der Waals surface area contributed by atoms with Crippen LogP contribution in [0.5, 0.6) is 0 Å². The zero-order chi connectivity index (χ0) is 14.4. The molecule has 2 rings (SSSR count). The van der Waals surface area contributed by atoms with Gasteiger partial charge in [0.1, 0.15) is 11.4 Å². The van der Waals surface area contributed by atoms with E-state index in [1.807, 2.05) is 0 Å². The molecule has 102 valence electrons. The zero-order valence-corrected chi connectivity index (χ0v) is 11.4. The van der Waals surface area contributed by atoms with Crippen molar-refractivity contribution in [2.75, 3.05) is 12.0 Å². The minimum atomic E-state index is -3.84. The fourth-order valence-electron chi connectivity index (χ4n) is 1.78. The maximum Gasteiger partial charge on any atom is 0.378 e. The highest BCUT2D eigenvalue weighted by molar-refractivity contribution is 8.00. The predicted octanol–water partition coefficient (Wildman–Crippen LogP) is -1.96. The lowest BCUT2D eigenvalue weighted by Gasteiger charge is -2.47. The molecule has 8 nitrogen and oxygen atoms in total. The number of β-lactam (4-membered cyclic amide) rings is 1. The molecule has 1 saturated heterocycles. The van der Waals surface area contributed by atoms with Crippen molar-refractivity contribution in [2.24, 2.45) is 5.73 Å². The largest absolute Gasteiger partial charge is 0.539 e. The average Bonchev–Trinajstić information content (AvgIpc) is 2.34. The van der Waals surface area contributed by atoms with Crippen LogP contribution in [0.2, 0.25) is 0 Å². The van der Waals surface area contributed by atoms with Gasteiger partial charge < -0.3 is 14.6 Å². The number of carbonyl (C=O) groups excluding carboxylic acids is 2. The third-order valence-electron chi connectivity index (χ3n) is 2.53. The van der Waals surface area contributed by atoms with Gasteiger partial charge in [0.05, 0.1) is 12.0 Å². The molecule has 2 radical (unpaired) electrons. The van der Waals surface area contributed by atoms with Crippen molar-refractivity contribution < 1.29 is 26.8 Å². The molecule has 1 fully saturated rings. The molecule has 2 aliphatic heterocycles. The van der Waals surface area contributed by atoms with Crippen molar-refractivity contribution in [3.05, 3.63) is 11.5 Å². The van der Waals surface area contributed by atoms with Crippen molar-refractivity contribution >= 4 is 41.8 Å². The molecule has 2 aliphatic rings. The van der Waals surface area contributed by atoms with E-state index in [0.29, 0.717) is 0 Å². The first-order chi connectivity index (χ1) is 8.76. The zero-order valence-electron chi connectivity index (χ0n) is 9.73. The molecule has 0 spiro atoms. The van der Waals surface area contributed by atoms with Crippen molar-refractivity contribution in [3.63, 3.8) is 0 Å². The van der Waals surface area contributed by atoms with Gasteiger partial charge in [0, 0.05) is 0 Å². The number of carbonyl (C=O) groups is 2. The maximum atomic E-state index is 11.6. The number of thioether (sulfide) groups is 1. The van der Waals surface area contributed by atoms with Crippen molar-refractivity contribution in [1.82, 2.24) is 4.90 Å². The highest BCUT2D eigenvalue weighted by Gasteiger charge is 2.52. The molecular formula is C8H9BN2O6S2. The Kier molecular flexibility index (Phi) is 3.54. The Morgan fingerprint density at radius 3 is 2.74 bits per heavy atom. The Morgan fingerprint density at radius 1 is 1.58 bits per heavy atom. The third-order valence-corrected chi connectivity index (χ3v) is 4.31. The molecule has 2 atom stereocenters. The van der Waals surface area contributed by atoms with Crippen LogP contribution in [-0.4, -0.2) is 56.7 Å². The average molecular weight is 304 g/mol. The monoisotopic (exact) mass is 304 g/mol. The molecular weight excluding hydrogens is 295 g/mol. The fraction of sp³-hybridized carbons (Fsp3) is 0.500. The molecule has 2 N–H and O–H groups in total. The minimum absolute atomic E-state index is 0.0691. The van der Waals surface area contributed by atoms with Crippen LogP contribution in [0.25, 0.3) is 0 Å². The van der Waals surface area contributed by atoms with Gasteiger partial charge in [-0.25, -0.2) is 4.79 Å². The Hall–Kier alpha value is -1.20. The van der Waals surface area contributed by atoms with E-state index in [1.54, 1.807) is 0 Å². The third kappa shape index (κ3) is 2.45. The molecule has 0 aliphatic carbocycles. The van der Waals surface area contributed by atoms with Crippen LogP contribution in [0.15, 0.2) is 11.5 Å². The Morgan fingerprint density at radius 2 is 2.21 bits per heavy atom. The van der Waals surface area contributed by atoms with Crippen molar-refractivity contribution in [2.45, 2.75) is 11.4 Å². The standard InChI is InChI=1S/C8H9BN2O6S2/c1-19(14,15)17-3-2-18-7-4(10)6(12)11(7)5(3)8(13)16-9/h4,7H,2,10H2,1H3/t4-,7-/m1/s1. The van der Waals surface area contributed by atoms with Gasteiger partial charge in [0.25, 0.3) is 0 Å². The quantitative estimate of drug-likeness (QED) is 0.363. The lowest BCUT2D eigenvalue weighted by Crippen LogP contribution is -2.68. The highest BCUT2D eigenvalue weighted by atomic mass is 32.2. The predicted molar refractivity (Wildman–Crippen MR) is 65.9 cm³/mol. The summed E-state index contributed by atoms with van der Waals surface area (Å²) in [5.74, 6) is -1.70. The molecule has 0 aromatic rings. The minimum Gasteiger partial charge on any atom is -0.539 e. The number of rotatable bonds is 3. The molecule has 0 saturated carbocycles. The molecule has 2 heterocycles. The summed E-state index contributed by atoms with van der Waals surface area (Å²) >= 11 is 1.19. The topological polar surface area (TPSA) is 116 Å². The summed E-state index contributed by atoms with van der Waals surface area (Å²) in [7, 11) is 0.941. The molecule has 1 amide bonds. The first kappa shape index (κ1) is 14.2. The highest BCUT2D eigenvalue weighted by Crippen LogP contribution is 2.40. The first-order valence-corrected chi connectivity index (χ1v) is 7.86. The van der Waals surface area contributed by atoms with Gasteiger partial charge in [-0.05, 0) is 0 Å². The van der Waals surface area contributed by atoms with Crippen LogP contribution in [0.4, 0.5) is 0 Å². The molecule has 0 bridgehead atoms. The Balaban J connectivity index is 2.42. The van der Waals surface area contributed by atoms with E-state index >= 15 is 0 Å². The van der Waals surface area contributed by atoms with E-state index in [-0.39, 0.29) is 17.2 Å². The van der Waals surface area contributed by atoms with E-state index in [0.717, 1.165) is 11.2 Å². The van der Waals surface area contributed by atoms with Crippen LogP contribution in [0, 0.1) is 0 Å². The van der Waals surface area contributed by atoms with Gasteiger partial charge in [0.2, 0.25) is 5.91 Å². The van der Waals surface area contributed by atoms with Crippen LogP contribution in [-0.2, 0) is 28.5 Å². The van der Waals surface area contributed by atoms with E-state index in [2.05, 4.69) is 4.65 Å². The normalized spacial score (nSPS) is 26.6. The summed E-state index contributed by atoms with van der Waals surface area (Å²) in [6.07, 6.45) is 0.825. The van der Waals surface area contributed by atoms with Gasteiger partial charge in [0.15, 0.2) is 11.5 Å². The van der Waals surface area contributed by atoms with Crippen LogP contribution in [0.1, 0.15) is 0 Å². The van der Waals surface area contributed by atoms with Gasteiger partial charge in [-0.2, -0.15) is 8.42 Å². The summed E-state index contributed by atoms with van der Waals surface area (Å²) in [6, 6.07) is -0.745.